The van der Waals surface area contributed by atoms with Crippen LogP contribution in [0.4, 0.5) is 0 Å². The van der Waals surface area contributed by atoms with Crippen molar-refractivity contribution in [2.75, 3.05) is 14.1 Å². The molecule has 0 bridgehead atoms. The SMILES string of the molecule is CN(C)Cc1ccc(CNC(=O)c2n[nH]c(=O)c3ccccc23)cc1. The van der Waals surface area contributed by atoms with Gasteiger partial charge in [-0.15, -0.1) is 0 Å². The van der Waals surface area contributed by atoms with Crippen molar-refractivity contribution in [3.05, 3.63) is 75.7 Å². The molecule has 3 rings (SSSR count). The van der Waals surface area contributed by atoms with Crippen molar-refractivity contribution in [1.29, 1.82) is 0 Å². The predicted molar refractivity (Wildman–Crippen MR) is 97.4 cm³/mol. The molecule has 0 aliphatic heterocycles. The van der Waals surface area contributed by atoms with Crippen LogP contribution in [0.2, 0.25) is 0 Å². The van der Waals surface area contributed by atoms with Crippen molar-refractivity contribution in [2.45, 2.75) is 13.1 Å². The minimum Gasteiger partial charge on any atom is -0.347 e. The number of hydrogen-bond acceptors (Lipinski definition) is 4. The van der Waals surface area contributed by atoms with Gasteiger partial charge in [-0.1, -0.05) is 42.5 Å². The van der Waals surface area contributed by atoms with E-state index in [1.54, 1.807) is 24.3 Å². The molecule has 0 aliphatic carbocycles. The van der Waals surface area contributed by atoms with E-state index in [1.165, 1.54) is 5.56 Å². The first-order chi connectivity index (χ1) is 12.0. The van der Waals surface area contributed by atoms with Gasteiger partial charge in [0.2, 0.25) is 0 Å². The van der Waals surface area contributed by atoms with E-state index < -0.39 is 0 Å². The molecule has 128 valence electrons. The van der Waals surface area contributed by atoms with Gasteiger partial charge in [0.05, 0.1) is 5.39 Å². The number of nitrogens with one attached hydrogen (secondary N) is 2. The first kappa shape index (κ1) is 16.9. The van der Waals surface area contributed by atoms with Crippen LogP contribution in [0.25, 0.3) is 10.8 Å². The molecule has 6 heteroatoms. The van der Waals surface area contributed by atoms with Crippen molar-refractivity contribution in [1.82, 2.24) is 20.4 Å². The van der Waals surface area contributed by atoms with E-state index in [-0.39, 0.29) is 17.2 Å². The van der Waals surface area contributed by atoms with Gasteiger partial charge in [0, 0.05) is 18.5 Å². The lowest BCUT2D eigenvalue weighted by Gasteiger charge is -2.10. The Labute approximate surface area is 145 Å². The van der Waals surface area contributed by atoms with Gasteiger partial charge in [-0.05, 0) is 31.3 Å². The normalized spacial score (nSPS) is 11.0. The summed E-state index contributed by atoms with van der Waals surface area (Å²) in [6.07, 6.45) is 0. The highest BCUT2D eigenvalue weighted by Crippen LogP contribution is 2.12. The molecule has 3 aromatic rings. The molecular formula is C19H20N4O2. The second-order valence-electron chi connectivity index (χ2n) is 6.18. The third kappa shape index (κ3) is 3.92. The Bertz CT molecular complexity index is 946. The van der Waals surface area contributed by atoms with Gasteiger partial charge in [0.25, 0.3) is 11.5 Å². The Hall–Kier alpha value is -2.99. The predicted octanol–water partition coefficient (Wildman–Crippen LogP) is 1.91. The molecule has 1 heterocycles. The standard InChI is InChI=1S/C19H20N4O2/c1-23(2)12-14-9-7-13(8-10-14)11-20-19(25)17-15-5-3-4-6-16(15)18(24)22-21-17/h3-10H,11-12H2,1-2H3,(H,20,25)(H,22,24). The summed E-state index contributed by atoms with van der Waals surface area (Å²) >= 11 is 0. The molecular weight excluding hydrogens is 316 g/mol. The van der Waals surface area contributed by atoms with Crippen LogP contribution in [-0.2, 0) is 13.1 Å². The monoisotopic (exact) mass is 336 g/mol. The number of aromatic amines is 1. The fourth-order valence-corrected chi connectivity index (χ4v) is 2.68. The third-order valence-corrected chi connectivity index (χ3v) is 3.89. The first-order valence-corrected chi connectivity index (χ1v) is 8.03. The zero-order valence-corrected chi connectivity index (χ0v) is 14.2. The number of fused-ring (bicyclic) bond motifs is 1. The van der Waals surface area contributed by atoms with E-state index >= 15 is 0 Å². The smallest absolute Gasteiger partial charge is 0.272 e. The van der Waals surface area contributed by atoms with Crippen LogP contribution in [0.5, 0.6) is 0 Å². The number of amides is 1. The summed E-state index contributed by atoms with van der Waals surface area (Å²) in [5, 5.41) is 10.1. The van der Waals surface area contributed by atoms with Gasteiger partial charge in [-0.2, -0.15) is 5.10 Å². The first-order valence-electron chi connectivity index (χ1n) is 8.03. The Morgan fingerprint density at radius 1 is 1.04 bits per heavy atom. The number of hydrogen-bond donors (Lipinski definition) is 2. The number of carbonyl (C=O) groups excluding carboxylic acids is 1. The van der Waals surface area contributed by atoms with Crippen LogP contribution in [0.15, 0.2) is 53.3 Å². The molecule has 1 amide bonds. The van der Waals surface area contributed by atoms with Crippen molar-refractivity contribution in [3.8, 4) is 0 Å². The van der Waals surface area contributed by atoms with Gasteiger partial charge in [0.1, 0.15) is 0 Å². The van der Waals surface area contributed by atoms with Crippen LogP contribution in [0, 0.1) is 0 Å². The molecule has 0 fully saturated rings. The molecule has 25 heavy (non-hydrogen) atoms. The number of H-pyrrole nitrogens is 1. The highest BCUT2D eigenvalue weighted by Gasteiger charge is 2.13. The maximum absolute atomic E-state index is 12.5. The van der Waals surface area contributed by atoms with Gasteiger partial charge < -0.3 is 10.2 Å². The summed E-state index contributed by atoms with van der Waals surface area (Å²) in [7, 11) is 4.05. The lowest BCUT2D eigenvalue weighted by molar-refractivity contribution is 0.0946. The second kappa shape index (κ2) is 7.27. The van der Waals surface area contributed by atoms with Gasteiger partial charge in [-0.25, -0.2) is 5.10 Å². The Morgan fingerprint density at radius 3 is 2.36 bits per heavy atom. The van der Waals surface area contributed by atoms with Crippen LogP contribution >= 0.6 is 0 Å². The Kier molecular flexibility index (Phi) is 4.90. The molecule has 0 atom stereocenters. The second-order valence-corrected chi connectivity index (χ2v) is 6.18. The van der Waals surface area contributed by atoms with Crippen molar-refractivity contribution in [3.63, 3.8) is 0 Å². The summed E-state index contributed by atoms with van der Waals surface area (Å²) in [5.74, 6) is -0.315. The highest BCUT2D eigenvalue weighted by atomic mass is 16.2. The van der Waals surface area contributed by atoms with E-state index in [2.05, 4.69) is 32.5 Å². The highest BCUT2D eigenvalue weighted by molar-refractivity contribution is 6.04. The Morgan fingerprint density at radius 2 is 1.68 bits per heavy atom. The molecule has 0 saturated heterocycles. The molecule has 0 saturated carbocycles. The molecule has 2 aromatic carbocycles. The molecule has 0 aliphatic rings. The lowest BCUT2D eigenvalue weighted by atomic mass is 10.1. The van der Waals surface area contributed by atoms with E-state index in [1.807, 2.05) is 26.2 Å². The summed E-state index contributed by atoms with van der Waals surface area (Å²) in [5.41, 5.74) is 2.14. The third-order valence-electron chi connectivity index (χ3n) is 3.89. The maximum Gasteiger partial charge on any atom is 0.272 e. The number of nitrogens with zero attached hydrogens (tertiary/aromatic N) is 2. The van der Waals surface area contributed by atoms with Crippen LogP contribution in [-0.4, -0.2) is 35.1 Å². The van der Waals surface area contributed by atoms with Gasteiger partial charge >= 0.3 is 0 Å². The number of rotatable bonds is 5. The van der Waals surface area contributed by atoms with E-state index in [0.29, 0.717) is 17.3 Å². The molecule has 0 spiro atoms. The molecule has 1 aromatic heterocycles. The molecule has 6 nitrogen and oxygen atoms in total. The van der Waals surface area contributed by atoms with Crippen molar-refractivity contribution < 1.29 is 4.79 Å². The summed E-state index contributed by atoms with van der Waals surface area (Å²) < 4.78 is 0. The zero-order chi connectivity index (χ0) is 17.8. The van der Waals surface area contributed by atoms with Gasteiger partial charge in [-0.3, -0.25) is 9.59 Å². The minimum atomic E-state index is -0.315. The van der Waals surface area contributed by atoms with E-state index in [4.69, 9.17) is 0 Å². The summed E-state index contributed by atoms with van der Waals surface area (Å²) in [4.78, 5) is 26.3. The van der Waals surface area contributed by atoms with Crippen molar-refractivity contribution >= 4 is 16.7 Å². The zero-order valence-electron chi connectivity index (χ0n) is 14.2. The van der Waals surface area contributed by atoms with Gasteiger partial charge in [0.15, 0.2) is 5.69 Å². The van der Waals surface area contributed by atoms with Crippen molar-refractivity contribution in [2.24, 2.45) is 0 Å². The molecule has 2 N–H and O–H groups in total. The average Bonchev–Trinajstić information content (AvgIpc) is 2.61. The van der Waals surface area contributed by atoms with E-state index in [9.17, 15) is 9.59 Å². The fourth-order valence-electron chi connectivity index (χ4n) is 2.68. The quantitative estimate of drug-likeness (QED) is 0.746. The minimum absolute atomic E-state index is 0.222. The maximum atomic E-state index is 12.5. The van der Waals surface area contributed by atoms with E-state index in [0.717, 1.165) is 12.1 Å². The number of carbonyl (C=O) groups is 1. The summed E-state index contributed by atoms with van der Waals surface area (Å²) in [6, 6.07) is 15.0. The average molecular weight is 336 g/mol. The largest absolute Gasteiger partial charge is 0.347 e. The molecule has 0 radical (unpaired) electrons. The number of benzene rings is 2. The topological polar surface area (TPSA) is 78.1 Å². The summed E-state index contributed by atoms with van der Waals surface area (Å²) in [6.45, 7) is 1.27. The fraction of sp³-hybridized carbons (Fsp3) is 0.211. The lowest BCUT2D eigenvalue weighted by Crippen LogP contribution is -2.26. The number of aromatic nitrogens is 2. The molecule has 0 unspecified atom stereocenters. The van der Waals surface area contributed by atoms with Crippen LogP contribution < -0.4 is 10.9 Å². The van der Waals surface area contributed by atoms with Crippen LogP contribution in [0.1, 0.15) is 21.6 Å². The Balaban J connectivity index is 1.73. The van der Waals surface area contributed by atoms with Crippen LogP contribution in [0.3, 0.4) is 0 Å².